The third-order valence-corrected chi connectivity index (χ3v) is 2.79. The van der Waals surface area contributed by atoms with Crippen molar-refractivity contribution in [1.29, 1.82) is 0 Å². The molecular formula is C13H22FN3. The van der Waals surface area contributed by atoms with Crippen LogP contribution < -0.4 is 10.6 Å². The molecule has 1 aromatic carbocycles. The largest absolute Gasteiger partial charge is 0.371 e. The summed E-state index contributed by atoms with van der Waals surface area (Å²) in [6.45, 7) is 3.54. The number of anilines is 1. The summed E-state index contributed by atoms with van der Waals surface area (Å²) in [5.41, 5.74) is 7.17. The molecule has 0 aliphatic heterocycles. The Morgan fingerprint density at radius 2 is 1.88 bits per heavy atom. The Labute approximate surface area is 103 Å². The molecule has 3 nitrogen and oxygen atoms in total. The predicted molar refractivity (Wildman–Crippen MR) is 70.8 cm³/mol. The third-order valence-electron chi connectivity index (χ3n) is 2.79. The fourth-order valence-electron chi connectivity index (χ4n) is 1.59. The Balaban J connectivity index is 2.77. The second-order valence-corrected chi connectivity index (χ2v) is 4.72. The molecule has 0 spiro atoms. The molecule has 17 heavy (non-hydrogen) atoms. The maximum absolute atomic E-state index is 13.9. The molecule has 0 unspecified atom stereocenters. The minimum absolute atomic E-state index is 0.134. The number of nitrogens with zero attached hydrogens (tertiary/aromatic N) is 2. The van der Waals surface area contributed by atoms with Crippen LogP contribution in [0, 0.1) is 5.82 Å². The minimum atomic E-state index is -0.207. The zero-order chi connectivity index (χ0) is 13.0. The van der Waals surface area contributed by atoms with Gasteiger partial charge in [-0.25, -0.2) is 4.39 Å². The fourth-order valence-corrected chi connectivity index (χ4v) is 1.59. The van der Waals surface area contributed by atoms with Gasteiger partial charge in [-0.3, -0.25) is 0 Å². The highest BCUT2D eigenvalue weighted by atomic mass is 19.1. The summed E-state index contributed by atoms with van der Waals surface area (Å²) in [5.74, 6) is -0.207. The normalized spacial score (nSPS) is 12.9. The Hall–Kier alpha value is -1.13. The average Bonchev–Trinajstić information content (AvgIpc) is 2.25. The van der Waals surface area contributed by atoms with Gasteiger partial charge in [0.2, 0.25) is 0 Å². The van der Waals surface area contributed by atoms with E-state index in [1.165, 1.54) is 6.07 Å². The number of rotatable bonds is 5. The van der Waals surface area contributed by atoms with Crippen molar-refractivity contribution in [2.24, 2.45) is 5.73 Å². The van der Waals surface area contributed by atoms with Gasteiger partial charge in [0, 0.05) is 26.2 Å². The number of halogens is 1. The van der Waals surface area contributed by atoms with E-state index in [-0.39, 0.29) is 11.9 Å². The smallest absolute Gasteiger partial charge is 0.146 e. The van der Waals surface area contributed by atoms with Gasteiger partial charge in [-0.05, 0) is 38.7 Å². The van der Waals surface area contributed by atoms with E-state index in [0.29, 0.717) is 5.69 Å². The Morgan fingerprint density at radius 3 is 2.35 bits per heavy atom. The Bertz CT molecular complexity index is 364. The molecular weight excluding hydrogens is 217 g/mol. The highest BCUT2D eigenvalue weighted by Gasteiger charge is 2.10. The molecule has 0 aromatic heterocycles. The van der Waals surface area contributed by atoms with E-state index in [1.807, 2.05) is 39.0 Å². The lowest BCUT2D eigenvalue weighted by molar-refractivity contribution is 0.416. The average molecular weight is 239 g/mol. The van der Waals surface area contributed by atoms with Crippen LogP contribution in [0.4, 0.5) is 10.1 Å². The van der Waals surface area contributed by atoms with Crippen molar-refractivity contribution in [3.8, 4) is 0 Å². The first-order valence-electron chi connectivity index (χ1n) is 5.82. The van der Waals surface area contributed by atoms with Crippen LogP contribution in [0.25, 0.3) is 0 Å². The van der Waals surface area contributed by atoms with Gasteiger partial charge in [-0.1, -0.05) is 6.07 Å². The molecule has 0 amide bonds. The molecule has 0 saturated heterocycles. The van der Waals surface area contributed by atoms with Gasteiger partial charge >= 0.3 is 0 Å². The van der Waals surface area contributed by atoms with Crippen molar-refractivity contribution in [3.63, 3.8) is 0 Å². The summed E-state index contributed by atoms with van der Waals surface area (Å²) in [5, 5.41) is 0. The SMILES string of the molecule is C[C@H](N)c1ccc(N(C)CCN(C)C)c(F)c1. The summed E-state index contributed by atoms with van der Waals surface area (Å²) in [6, 6.07) is 5.07. The van der Waals surface area contributed by atoms with Crippen LogP contribution in [0.2, 0.25) is 0 Å². The van der Waals surface area contributed by atoms with Gasteiger partial charge in [-0.2, -0.15) is 0 Å². The lowest BCUT2D eigenvalue weighted by Crippen LogP contribution is -2.29. The molecule has 2 N–H and O–H groups in total. The molecule has 0 aliphatic rings. The lowest BCUT2D eigenvalue weighted by atomic mass is 10.1. The molecule has 4 heteroatoms. The quantitative estimate of drug-likeness (QED) is 0.851. The van der Waals surface area contributed by atoms with E-state index in [2.05, 4.69) is 4.90 Å². The van der Waals surface area contributed by atoms with Crippen molar-refractivity contribution in [2.45, 2.75) is 13.0 Å². The maximum atomic E-state index is 13.9. The molecule has 0 heterocycles. The number of likely N-dealkylation sites (N-methyl/N-ethyl adjacent to an activating group) is 2. The lowest BCUT2D eigenvalue weighted by Gasteiger charge is -2.22. The summed E-state index contributed by atoms with van der Waals surface area (Å²) < 4.78 is 13.9. The van der Waals surface area contributed by atoms with Crippen LogP contribution in [0.1, 0.15) is 18.5 Å². The van der Waals surface area contributed by atoms with Crippen molar-refractivity contribution in [1.82, 2.24) is 4.90 Å². The third kappa shape index (κ3) is 3.98. The second-order valence-electron chi connectivity index (χ2n) is 4.72. The molecule has 1 atom stereocenters. The first kappa shape index (κ1) is 13.9. The van der Waals surface area contributed by atoms with E-state index in [4.69, 9.17) is 5.73 Å². The zero-order valence-electron chi connectivity index (χ0n) is 11.1. The molecule has 96 valence electrons. The molecule has 0 radical (unpaired) electrons. The van der Waals surface area contributed by atoms with Crippen LogP contribution in [0.15, 0.2) is 18.2 Å². The standard InChI is InChI=1S/C13H22FN3/c1-10(15)11-5-6-13(12(14)9-11)17(4)8-7-16(2)3/h5-6,9-10H,7-8,15H2,1-4H3/t10-/m0/s1. The van der Waals surface area contributed by atoms with E-state index < -0.39 is 0 Å². The van der Waals surface area contributed by atoms with E-state index in [9.17, 15) is 4.39 Å². The Morgan fingerprint density at radius 1 is 1.24 bits per heavy atom. The van der Waals surface area contributed by atoms with Crippen LogP contribution in [0.5, 0.6) is 0 Å². The van der Waals surface area contributed by atoms with Crippen LogP contribution in [-0.2, 0) is 0 Å². The van der Waals surface area contributed by atoms with Crippen LogP contribution in [-0.4, -0.2) is 39.1 Å². The first-order valence-corrected chi connectivity index (χ1v) is 5.82. The van der Waals surface area contributed by atoms with E-state index in [1.54, 1.807) is 6.07 Å². The van der Waals surface area contributed by atoms with Crippen LogP contribution in [0.3, 0.4) is 0 Å². The monoisotopic (exact) mass is 239 g/mol. The number of hydrogen-bond acceptors (Lipinski definition) is 3. The van der Waals surface area contributed by atoms with Gasteiger partial charge in [0.25, 0.3) is 0 Å². The van der Waals surface area contributed by atoms with E-state index >= 15 is 0 Å². The van der Waals surface area contributed by atoms with Gasteiger partial charge in [0.15, 0.2) is 0 Å². The Kier molecular flexibility index (Phi) is 4.90. The van der Waals surface area contributed by atoms with Gasteiger partial charge in [-0.15, -0.1) is 0 Å². The molecule has 0 aliphatic carbocycles. The van der Waals surface area contributed by atoms with Crippen molar-refractivity contribution in [2.75, 3.05) is 39.1 Å². The molecule has 1 rings (SSSR count). The van der Waals surface area contributed by atoms with Crippen molar-refractivity contribution < 1.29 is 4.39 Å². The predicted octanol–water partition coefficient (Wildman–Crippen LogP) is 1.84. The molecule has 1 aromatic rings. The fraction of sp³-hybridized carbons (Fsp3) is 0.538. The van der Waals surface area contributed by atoms with Crippen molar-refractivity contribution in [3.05, 3.63) is 29.6 Å². The van der Waals surface area contributed by atoms with Gasteiger partial charge in [0.1, 0.15) is 5.82 Å². The second kappa shape index (κ2) is 5.98. The minimum Gasteiger partial charge on any atom is -0.371 e. The summed E-state index contributed by atoms with van der Waals surface area (Å²) in [6.07, 6.45) is 0. The molecule has 0 fully saturated rings. The first-order chi connectivity index (χ1) is 7.91. The topological polar surface area (TPSA) is 32.5 Å². The summed E-state index contributed by atoms with van der Waals surface area (Å²) >= 11 is 0. The summed E-state index contributed by atoms with van der Waals surface area (Å²) in [4.78, 5) is 3.99. The van der Waals surface area contributed by atoms with Gasteiger partial charge < -0.3 is 15.5 Å². The molecule has 0 saturated carbocycles. The highest BCUT2D eigenvalue weighted by molar-refractivity contribution is 5.48. The highest BCUT2D eigenvalue weighted by Crippen LogP contribution is 2.21. The maximum Gasteiger partial charge on any atom is 0.146 e. The van der Waals surface area contributed by atoms with Crippen molar-refractivity contribution >= 4 is 5.69 Å². The van der Waals surface area contributed by atoms with Crippen LogP contribution >= 0.6 is 0 Å². The van der Waals surface area contributed by atoms with Gasteiger partial charge in [0.05, 0.1) is 5.69 Å². The zero-order valence-corrected chi connectivity index (χ0v) is 11.1. The molecule has 0 bridgehead atoms. The number of benzene rings is 1. The van der Waals surface area contributed by atoms with E-state index in [0.717, 1.165) is 18.7 Å². The number of nitrogens with two attached hydrogens (primary N) is 1. The number of hydrogen-bond donors (Lipinski definition) is 1. The summed E-state index contributed by atoms with van der Waals surface area (Å²) in [7, 11) is 5.90.